The molecule has 2 aliphatic heterocycles. The highest BCUT2D eigenvalue weighted by molar-refractivity contribution is 7.89. The van der Waals surface area contributed by atoms with E-state index in [1.807, 2.05) is 0 Å². The predicted octanol–water partition coefficient (Wildman–Crippen LogP) is 0.478. The van der Waals surface area contributed by atoms with Crippen molar-refractivity contribution in [1.82, 2.24) is 10.0 Å². The highest BCUT2D eigenvalue weighted by Gasteiger charge is 2.28. The lowest BCUT2D eigenvalue weighted by Gasteiger charge is -2.25. The first-order valence-electron chi connectivity index (χ1n) is 7.37. The fourth-order valence-electron chi connectivity index (χ4n) is 2.69. The second-order valence-electron chi connectivity index (χ2n) is 5.50. The molecule has 0 aliphatic carbocycles. The molecule has 0 aromatic heterocycles. The van der Waals surface area contributed by atoms with Gasteiger partial charge in [0.25, 0.3) is 5.91 Å². The van der Waals surface area contributed by atoms with E-state index in [1.165, 1.54) is 19.2 Å². The third kappa shape index (κ3) is 3.92. The maximum absolute atomic E-state index is 12.7. The molecule has 0 bridgehead atoms. The average molecular weight is 378 g/mol. The molecule has 2 heterocycles. The van der Waals surface area contributed by atoms with Gasteiger partial charge in [-0.25, -0.2) is 13.1 Å². The van der Waals surface area contributed by atoms with Gasteiger partial charge in [0.1, 0.15) is 16.4 Å². The van der Waals surface area contributed by atoms with E-state index in [4.69, 9.17) is 9.47 Å². The first-order chi connectivity index (χ1) is 11.0. The van der Waals surface area contributed by atoms with Gasteiger partial charge in [0, 0.05) is 24.7 Å². The Bertz CT molecular complexity index is 719. The van der Waals surface area contributed by atoms with Crippen LogP contribution in [0.1, 0.15) is 12.8 Å². The van der Waals surface area contributed by atoms with Crippen LogP contribution in [0.5, 0.6) is 11.5 Å². The number of carbonyl (C=O) groups excluding carboxylic acids is 1. The minimum absolute atomic E-state index is 0. The summed E-state index contributed by atoms with van der Waals surface area (Å²) in [6, 6.07) is 2.68. The molecule has 0 radical (unpaired) electrons. The standard InChI is InChI=1S/C14H19N3O5S.ClH/c1-21-12-5-10-11(22-8-14(18)16-10)6-13(12)23(19,20)17-9-3-2-4-15-7-9;/h5-6,9,15,17H,2-4,7-8H2,1H3,(H,16,18);1H/t9-;/m0./s1. The summed E-state index contributed by atoms with van der Waals surface area (Å²) >= 11 is 0. The van der Waals surface area contributed by atoms with E-state index in [9.17, 15) is 13.2 Å². The van der Waals surface area contributed by atoms with E-state index in [1.54, 1.807) is 0 Å². The zero-order chi connectivity index (χ0) is 16.4. The Morgan fingerprint density at radius 2 is 2.17 bits per heavy atom. The van der Waals surface area contributed by atoms with Crippen LogP contribution in [0.25, 0.3) is 0 Å². The van der Waals surface area contributed by atoms with E-state index in [0.29, 0.717) is 18.0 Å². The molecule has 1 atom stereocenters. The van der Waals surface area contributed by atoms with E-state index in [2.05, 4.69) is 15.4 Å². The number of halogens is 1. The van der Waals surface area contributed by atoms with Crippen molar-refractivity contribution in [3.8, 4) is 11.5 Å². The van der Waals surface area contributed by atoms with E-state index >= 15 is 0 Å². The molecule has 134 valence electrons. The molecule has 2 aliphatic rings. The number of carbonyl (C=O) groups is 1. The number of sulfonamides is 1. The van der Waals surface area contributed by atoms with Crippen LogP contribution in [0.15, 0.2) is 17.0 Å². The number of anilines is 1. The summed E-state index contributed by atoms with van der Waals surface area (Å²) in [7, 11) is -2.37. The highest BCUT2D eigenvalue weighted by Crippen LogP contribution is 2.37. The number of fused-ring (bicyclic) bond motifs is 1. The molecule has 0 unspecified atom stereocenters. The lowest BCUT2D eigenvalue weighted by atomic mass is 10.1. The lowest BCUT2D eigenvalue weighted by molar-refractivity contribution is -0.118. The van der Waals surface area contributed by atoms with Gasteiger partial charge >= 0.3 is 0 Å². The zero-order valence-corrected chi connectivity index (χ0v) is 14.8. The number of methoxy groups -OCH3 is 1. The average Bonchev–Trinajstić information content (AvgIpc) is 2.54. The number of hydrogen-bond donors (Lipinski definition) is 3. The molecule has 3 rings (SSSR count). The van der Waals surface area contributed by atoms with Crippen molar-refractivity contribution in [2.75, 3.05) is 32.1 Å². The zero-order valence-electron chi connectivity index (χ0n) is 13.1. The monoisotopic (exact) mass is 377 g/mol. The van der Waals surface area contributed by atoms with Crippen molar-refractivity contribution in [2.24, 2.45) is 0 Å². The van der Waals surface area contributed by atoms with Gasteiger partial charge in [-0.2, -0.15) is 0 Å². The molecule has 1 fully saturated rings. The summed E-state index contributed by atoms with van der Waals surface area (Å²) in [4.78, 5) is 11.4. The van der Waals surface area contributed by atoms with Gasteiger partial charge in [-0.05, 0) is 19.4 Å². The maximum Gasteiger partial charge on any atom is 0.262 e. The first-order valence-corrected chi connectivity index (χ1v) is 8.85. The molecular weight excluding hydrogens is 358 g/mol. The van der Waals surface area contributed by atoms with Crippen molar-refractivity contribution < 1.29 is 22.7 Å². The number of nitrogens with one attached hydrogen (secondary N) is 3. The summed E-state index contributed by atoms with van der Waals surface area (Å²) in [5.41, 5.74) is 0.399. The normalized spacial score (nSPS) is 20.2. The Labute approximate surface area is 146 Å². The minimum atomic E-state index is -3.76. The number of hydrogen-bond acceptors (Lipinski definition) is 6. The Morgan fingerprint density at radius 1 is 1.38 bits per heavy atom. The summed E-state index contributed by atoms with van der Waals surface area (Å²) in [6.45, 7) is 1.35. The van der Waals surface area contributed by atoms with Crippen LogP contribution >= 0.6 is 12.4 Å². The van der Waals surface area contributed by atoms with Crippen molar-refractivity contribution in [3.05, 3.63) is 12.1 Å². The molecule has 24 heavy (non-hydrogen) atoms. The van der Waals surface area contributed by atoms with Crippen LogP contribution in [0, 0.1) is 0 Å². The van der Waals surface area contributed by atoms with Crippen molar-refractivity contribution in [2.45, 2.75) is 23.8 Å². The number of benzene rings is 1. The van der Waals surface area contributed by atoms with E-state index < -0.39 is 10.0 Å². The fraction of sp³-hybridized carbons (Fsp3) is 0.500. The predicted molar refractivity (Wildman–Crippen MR) is 90.6 cm³/mol. The third-order valence-corrected chi connectivity index (χ3v) is 5.35. The van der Waals surface area contributed by atoms with Gasteiger partial charge in [-0.15, -0.1) is 12.4 Å². The number of amides is 1. The Hall–Kier alpha value is -1.55. The second kappa shape index (κ2) is 7.56. The van der Waals surface area contributed by atoms with Crippen LogP contribution in [0.4, 0.5) is 5.69 Å². The molecule has 1 aromatic carbocycles. The van der Waals surface area contributed by atoms with Gasteiger partial charge < -0.3 is 20.1 Å². The van der Waals surface area contributed by atoms with Gasteiger partial charge in [-0.1, -0.05) is 0 Å². The van der Waals surface area contributed by atoms with Gasteiger partial charge in [-0.3, -0.25) is 4.79 Å². The summed E-state index contributed by atoms with van der Waals surface area (Å²) in [5, 5.41) is 5.79. The highest BCUT2D eigenvalue weighted by atomic mass is 35.5. The minimum Gasteiger partial charge on any atom is -0.495 e. The van der Waals surface area contributed by atoms with Gasteiger partial charge in [0.15, 0.2) is 6.61 Å². The van der Waals surface area contributed by atoms with Crippen LogP contribution in [0.3, 0.4) is 0 Å². The van der Waals surface area contributed by atoms with Gasteiger partial charge in [0.05, 0.1) is 12.8 Å². The van der Waals surface area contributed by atoms with Crippen molar-refractivity contribution in [1.29, 1.82) is 0 Å². The molecular formula is C14H20ClN3O5S. The molecule has 10 heteroatoms. The van der Waals surface area contributed by atoms with Crippen LogP contribution < -0.4 is 24.8 Å². The first kappa shape index (κ1) is 18.8. The molecule has 0 saturated carbocycles. The molecule has 1 amide bonds. The largest absolute Gasteiger partial charge is 0.495 e. The number of piperidine rings is 1. The topological polar surface area (TPSA) is 106 Å². The third-order valence-electron chi connectivity index (χ3n) is 3.81. The van der Waals surface area contributed by atoms with Crippen LogP contribution in [-0.4, -0.2) is 47.2 Å². The number of rotatable bonds is 4. The molecule has 3 N–H and O–H groups in total. The van der Waals surface area contributed by atoms with E-state index in [0.717, 1.165) is 19.4 Å². The number of ether oxygens (including phenoxy) is 2. The maximum atomic E-state index is 12.7. The van der Waals surface area contributed by atoms with Crippen molar-refractivity contribution >= 4 is 34.0 Å². The van der Waals surface area contributed by atoms with Crippen LogP contribution in [-0.2, 0) is 14.8 Å². The quantitative estimate of drug-likeness (QED) is 0.704. The smallest absolute Gasteiger partial charge is 0.262 e. The summed E-state index contributed by atoms with van der Waals surface area (Å²) in [5.74, 6) is 0.180. The molecule has 0 spiro atoms. The molecule has 1 aromatic rings. The summed E-state index contributed by atoms with van der Waals surface area (Å²) < 4.78 is 38.5. The van der Waals surface area contributed by atoms with Crippen molar-refractivity contribution in [3.63, 3.8) is 0 Å². The fourth-order valence-corrected chi connectivity index (χ4v) is 4.13. The van der Waals surface area contributed by atoms with Crippen LogP contribution in [0.2, 0.25) is 0 Å². The molecule has 8 nitrogen and oxygen atoms in total. The Morgan fingerprint density at radius 3 is 2.83 bits per heavy atom. The summed E-state index contributed by atoms with van der Waals surface area (Å²) in [6.07, 6.45) is 1.70. The Kier molecular flexibility index (Phi) is 5.92. The SMILES string of the molecule is COc1cc2c(cc1S(=O)(=O)N[C@H]1CCCNC1)OCC(=O)N2.Cl. The molecule has 1 saturated heterocycles. The second-order valence-corrected chi connectivity index (χ2v) is 7.18. The lowest BCUT2D eigenvalue weighted by Crippen LogP contribution is -2.45. The van der Waals surface area contributed by atoms with E-state index in [-0.39, 0.29) is 41.6 Å². The Balaban J connectivity index is 0.00000208. The van der Waals surface area contributed by atoms with Gasteiger partial charge in [0.2, 0.25) is 10.0 Å².